The Labute approximate surface area is 172 Å². The summed E-state index contributed by atoms with van der Waals surface area (Å²) in [6.07, 6.45) is 5.54. The van der Waals surface area contributed by atoms with Crippen LogP contribution in [-0.2, 0) is 4.79 Å². The molecule has 1 heterocycles. The molecule has 1 aliphatic heterocycles. The van der Waals surface area contributed by atoms with Gasteiger partial charge in [-0.2, -0.15) is 0 Å². The van der Waals surface area contributed by atoms with Crippen molar-refractivity contribution in [3.63, 3.8) is 0 Å². The summed E-state index contributed by atoms with van der Waals surface area (Å²) in [6, 6.07) is 15.2. The normalized spacial score (nSPS) is 13.8. The highest BCUT2D eigenvalue weighted by Crippen LogP contribution is 2.27. The van der Waals surface area contributed by atoms with Crippen LogP contribution in [0.2, 0.25) is 0 Å². The second-order valence-corrected chi connectivity index (χ2v) is 7.76. The van der Waals surface area contributed by atoms with Crippen molar-refractivity contribution in [2.45, 2.75) is 26.7 Å². The van der Waals surface area contributed by atoms with Crippen molar-refractivity contribution in [2.75, 3.05) is 29.9 Å². The van der Waals surface area contributed by atoms with Gasteiger partial charge in [0.1, 0.15) is 0 Å². The maximum atomic E-state index is 12.8. The number of nitrogens with zero attached hydrogens (tertiary/aromatic N) is 1. The number of carbonyl (C=O) groups is 2. The maximum Gasteiger partial charge on any atom is 0.253 e. The van der Waals surface area contributed by atoms with Gasteiger partial charge < -0.3 is 15.5 Å². The van der Waals surface area contributed by atoms with E-state index in [9.17, 15) is 9.59 Å². The molecule has 2 N–H and O–H groups in total. The number of amides is 2. The van der Waals surface area contributed by atoms with Gasteiger partial charge in [-0.1, -0.05) is 44.2 Å². The summed E-state index contributed by atoms with van der Waals surface area (Å²) in [5.41, 5.74) is 3.12. The quantitative estimate of drug-likeness (QED) is 0.691. The predicted molar refractivity (Wildman–Crippen MR) is 119 cm³/mol. The van der Waals surface area contributed by atoms with Crippen LogP contribution in [0.4, 0.5) is 11.4 Å². The van der Waals surface area contributed by atoms with E-state index in [0.717, 1.165) is 37.2 Å². The van der Waals surface area contributed by atoms with E-state index in [1.54, 1.807) is 12.1 Å². The zero-order valence-electron chi connectivity index (χ0n) is 17.2. The van der Waals surface area contributed by atoms with Crippen molar-refractivity contribution in [2.24, 2.45) is 5.92 Å². The van der Waals surface area contributed by atoms with E-state index in [2.05, 4.69) is 29.4 Å². The first-order valence-corrected chi connectivity index (χ1v) is 10.2. The number of benzene rings is 2. The highest BCUT2D eigenvalue weighted by Gasteiger charge is 2.20. The van der Waals surface area contributed by atoms with E-state index in [4.69, 9.17) is 0 Å². The number of hydrogen-bond donors (Lipinski definition) is 2. The largest absolute Gasteiger partial charge is 0.371 e. The molecule has 0 spiro atoms. The smallest absolute Gasteiger partial charge is 0.253 e. The Bertz CT molecular complexity index is 869. The van der Waals surface area contributed by atoms with Crippen LogP contribution in [0.1, 0.15) is 42.6 Å². The van der Waals surface area contributed by atoms with Gasteiger partial charge in [-0.25, -0.2) is 0 Å². The standard InChI is InChI=1S/C24H29N3O2/c1-18(2)17-25-24(29)21-16-20(11-12-22(21)27-14-6-7-15-27)26-23(28)13-10-19-8-4-3-5-9-19/h3-5,8-13,16,18H,6-7,14-15,17H2,1-2H3,(H,25,29)(H,26,28)/b13-10+. The number of nitrogens with one attached hydrogen (secondary N) is 2. The summed E-state index contributed by atoms with van der Waals surface area (Å²) in [4.78, 5) is 27.4. The molecule has 0 bridgehead atoms. The zero-order chi connectivity index (χ0) is 20.6. The fourth-order valence-corrected chi connectivity index (χ4v) is 3.34. The Morgan fingerprint density at radius 3 is 2.48 bits per heavy atom. The topological polar surface area (TPSA) is 61.4 Å². The van der Waals surface area contributed by atoms with Gasteiger partial charge >= 0.3 is 0 Å². The van der Waals surface area contributed by atoms with Gasteiger partial charge in [0.15, 0.2) is 0 Å². The lowest BCUT2D eigenvalue weighted by Gasteiger charge is -2.22. The van der Waals surface area contributed by atoms with Gasteiger partial charge in [0.2, 0.25) is 5.91 Å². The van der Waals surface area contributed by atoms with Crippen molar-refractivity contribution in [1.29, 1.82) is 0 Å². The number of anilines is 2. The molecule has 1 aliphatic rings. The molecule has 29 heavy (non-hydrogen) atoms. The van der Waals surface area contributed by atoms with Crippen LogP contribution in [0.5, 0.6) is 0 Å². The molecular formula is C24H29N3O2. The first-order valence-electron chi connectivity index (χ1n) is 10.2. The minimum atomic E-state index is -0.226. The molecular weight excluding hydrogens is 362 g/mol. The van der Waals surface area contributed by atoms with Crippen LogP contribution in [0.3, 0.4) is 0 Å². The third kappa shape index (κ3) is 5.95. The van der Waals surface area contributed by atoms with E-state index in [1.165, 1.54) is 6.08 Å². The molecule has 5 heteroatoms. The van der Waals surface area contributed by atoms with Crippen molar-refractivity contribution in [3.05, 3.63) is 65.7 Å². The summed E-state index contributed by atoms with van der Waals surface area (Å²) in [5.74, 6) is 0.0491. The van der Waals surface area contributed by atoms with Gasteiger partial charge in [0, 0.05) is 37.1 Å². The van der Waals surface area contributed by atoms with Gasteiger partial charge in [-0.3, -0.25) is 9.59 Å². The van der Waals surface area contributed by atoms with Crippen LogP contribution < -0.4 is 15.5 Å². The average Bonchev–Trinajstić information content (AvgIpc) is 3.26. The Kier molecular flexibility index (Phi) is 7.06. The second-order valence-electron chi connectivity index (χ2n) is 7.76. The van der Waals surface area contributed by atoms with Crippen LogP contribution in [0, 0.1) is 5.92 Å². The molecule has 0 atom stereocenters. The monoisotopic (exact) mass is 391 g/mol. The molecule has 0 aliphatic carbocycles. The van der Waals surface area contributed by atoms with E-state index in [0.29, 0.717) is 23.7 Å². The molecule has 0 saturated carbocycles. The predicted octanol–water partition coefficient (Wildman–Crippen LogP) is 4.32. The summed E-state index contributed by atoms with van der Waals surface area (Å²) >= 11 is 0. The molecule has 1 saturated heterocycles. The van der Waals surface area contributed by atoms with Gasteiger partial charge in [0.05, 0.1) is 5.56 Å². The summed E-state index contributed by atoms with van der Waals surface area (Å²) in [5, 5.41) is 5.86. The van der Waals surface area contributed by atoms with Crippen LogP contribution in [-0.4, -0.2) is 31.4 Å². The highest BCUT2D eigenvalue weighted by molar-refractivity contribution is 6.05. The zero-order valence-corrected chi connectivity index (χ0v) is 17.2. The maximum absolute atomic E-state index is 12.8. The van der Waals surface area contributed by atoms with E-state index in [-0.39, 0.29) is 11.8 Å². The van der Waals surface area contributed by atoms with Gasteiger partial charge in [0.25, 0.3) is 5.91 Å². The fourth-order valence-electron chi connectivity index (χ4n) is 3.34. The molecule has 0 radical (unpaired) electrons. The molecule has 3 rings (SSSR count). The summed E-state index contributed by atoms with van der Waals surface area (Å²) in [7, 11) is 0. The third-order valence-electron chi connectivity index (χ3n) is 4.85. The lowest BCUT2D eigenvalue weighted by molar-refractivity contribution is -0.111. The highest BCUT2D eigenvalue weighted by atomic mass is 16.2. The fraction of sp³-hybridized carbons (Fsp3) is 0.333. The number of hydrogen-bond acceptors (Lipinski definition) is 3. The SMILES string of the molecule is CC(C)CNC(=O)c1cc(NC(=O)/C=C/c2ccccc2)ccc1N1CCCC1. The molecule has 5 nitrogen and oxygen atoms in total. The van der Waals surface area contributed by atoms with Crippen molar-refractivity contribution >= 4 is 29.3 Å². The number of carbonyl (C=O) groups excluding carboxylic acids is 2. The third-order valence-corrected chi connectivity index (χ3v) is 4.85. The molecule has 152 valence electrons. The van der Waals surface area contributed by atoms with E-state index in [1.807, 2.05) is 42.5 Å². The lowest BCUT2D eigenvalue weighted by Crippen LogP contribution is -2.30. The Morgan fingerprint density at radius 2 is 1.79 bits per heavy atom. The molecule has 0 unspecified atom stereocenters. The minimum absolute atomic E-state index is 0.100. The summed E-state index contributed by atoms with van der Waals surface area (Å²) < 4.78 is 0. The molecule has 2 aromatic rings. The van der Waals surface area contributed by atoms with Crippen LogP contribution in [0.15, 0.2) is 54.6 Å². The molecule has 2 amide bonds. The van der Waals surface area contributed by atoms with Crippen LogP contribution >= 0.6 is 0 Å². The molecule has 2 aromatic carbocycles. The summed E-state index contributed by atoms with van der Waals surface area (Å²) in [6.45, 7) is 6.66. The van der Waals surface area contributed by atoms with E-state index >= 15 is 0 Å². The van der Waals surface area contributed by atoms with Crippen molar-refractivity contribution in [1.82, 2.24) is 5.32 Å². The van der Waals surface area contributed by atoms with Gasteiger partial charge in [-0.15, -0.1) is 0 Å². The Balaban J connectivity index is 1.76. The van der Waals surface area contributed by atoms with Crippen molar-refractivity contribution < 1.29 is 9.59 Å². The van der Waals surface area contributed by atoms with Crippen LogP contribution in [0.25, 0.3) is 6.08 Å². The van der Waals surface area contributed by atoms with E-state index < -0.39 is 0 Å². The first-order chi connectivity index (χ1) is 14.0. The Morgan fingerprint density at radius 1 is 1.07 bits per heavy atom. The van der Waals surface area contributed by atoms with Gasteiger partial charge in [-0.05, 0) is 48.6 Å². The first kappa shape index (κ1) is 20.6. The average molecular weight is 392 g/mol. The Hall–Kier alpha value is -3.08. The van der Waals surface area contributed by atoms with Crippen molar-refractivity contribution in [3.8, 4) is 0 Å². The minimum Gasteiger partial charge on any atom is -0.371 e. The second kappa shape index (κ2) is 9.92. The number of rotatable bonds is 7. The molecule has 0 aromatic heterocycles. The molecule has 1 fully saturated rings. The lowest BCUT2D eigenvalue weighted by atomic mass is 10.1.